The highest BCUT2D eigenvalue weighted by Gasteiger charge is 2.45. The van der Waals surface area contributed by atoms with Gasteiger partial charge in [0.15, 0.2) is 5.71 Å². The van der Waals surface area contributed by atoms with E-state index < -0.39 is 29.1 Å². The number of nitrogens with zero attached hydrogens (tertiary/aromatic N) is 2. The number of carbonyl (C=O) groups excluding carboxylic acids is 1. The van der Waals surface area contributed by atoms with E-state index in [9.17, 15) is 27.2 Å². The molecule has 0 aliphatic carbocycles. The van der Waals surface area contributed by atoms with E-state index in [1.807, 2.05) is 30.0 Å². The van der Waals surface area contributed by atoms with E-state index in [1.165, 1.54) is 29.1 Å². The van der Waals surface area contributed by atoms with Gasteiger partial charge in [-0.25, -0.2) is 0 Å². The average molecular weight is 817 g/mol. The van der Waals surface area contributed by atoms with Crippen LogP contribution in [-0.4, -0.2) is 60.0 Å². The number of hydrogen-bond donors (Lipinski definition) is 4. The van der Waals surface area contributed by atoms with Crippen LogP contribution in [0.3, 0.4) is 0 Å². The number of hydrogen-bond acceptors (Lipinski definition) is 9. The van der Waals surface area contributed by atoms with Crippen LogP contribution in [0.5, 0.6) is 0 Å². The number of para-hydroxylation sites is 1. The molecule has 0 spiro atoms. The van der Waals surface area contributed by atoms with Crippen LogP contribution in [0.4, 0.5) is 11.4 Å². The number of anilines is 1. The second kappa shape index (κ2) is 19.9. The number of rotatable bonds is 22. The molecule has 2 atom stereocenters. The van der Waals surface area contributed by atoms with Crippen LogP contribution in [-0.2, 0) is 39.7 Å². The Labute approximate surface area is 333 Å². The molecule has 2 heterocycles. The summed E-state index contributed by atoms with van der Waals surface area (Å²) in [5.74, 6) is -0.444. The van der Waals surface area contributed by atoms with Gasteiger partial charge in [0.25, 0.3) is 10.1 Å². The Balaban J connectivity index is 1.62. The fourth-order valence-electron chi connectivity index (χ4n) is 7.56. The predicted octanol–water partition coefficient (Wildman–Crippen LogP) is 9.12. The van der Waals surface area contributed by atoms with Gasteiger partial charge in [0.1, 0.15) is 6.54 Å². The Morgan fingerprint density at radius 2 is 1.73 bits per heavy atom. The third-order valence-corrected chi connectivity index (χ3v) is 12.9. The molecule has 3 N–H and O–H groups in total. The fraction of sp³-hybridized carbons (Fsp3) is 0.512. The van der Waals surface area contributed by atoms with Crippen LogP contribution in [0.25, 0.3) is 0 Å². The third-order valence-electron chi connectivity index (χ3n) is 10.6. The lowest BCUT2D eigenvalue weighted by atomic mass is 9.79. The molecule has 0 aromatic heterocycles. The summed E-state index contributed by atoms with van der Waals surface area (Å²) in [7, 11) is -8.56. The molecule has 302 valence electrons. The highest BCUT2D eigenvalue weighted by molar-refractivity contribution is 7.85. The first kappa shape index (κ1) is 44.7. The topological polar surface area (TPSA) is 145 Å². The first-order valence-corrected chi connectivity index (χ1v) is 23.0. The molecule has 0 bridgehead atoms. The fourth-order valence-corrected chi connectivity index (χ4v) is 9.44. The summed E-state index contributed by atoms with van der Waals surface area (Å²) in [5.41, 5.74) is 5.04. The molecule has 0 saturated carbocycles. The van der Waals surface area contributed by atoms with E-state index in [4.69, 9.17) is 4.52 Å². The molecule has 55 heavy (non-hydrogen) atoms. The molecule has 2 aromatic rings. The van der Waals surface area contributed by atoms with Gasteiger partial charge in [0.05, 0.1) is 23.1 Å². The van der Waals surface area contributed by atoms with Gasteiger partial charge >= 0.3 is 13.6 Å². The van der Waals surface area contributed by atoms with Crippen molar-refractivity contribution in [2.75, 3.05) is 30.8 Å². The molecule has 0 amide bonds. The lowest BCUT2D eigenvalue weighted by Gasteiger charge is -2.31. The first-order valence-electron chi connectivity index (χ1n) is 19.4. The molecular weight excluding hydrogens is 758 g/mol. The van der Waals surface area contributed by atoms with Crippen molar-refractivity contribution in [3.05, 3.63) is 89.7 Å². The van der Waals surface area contributed by atoms with E-state index in [1.54, 1.807) is 6.07 Å². The van der Waals surface area contributed by atoms with Gasteiger partial charge in [-0.15, -0.1) is 0 Å². The SMILES string of the molecule is CCCCC[N+]1=C(/C=C/C=C/C=C2\N(CCCC)c3ccc(S(=O)(=O)O)cc3C2(C)CCP(=O)(O)OCCCCCC(=O)ONS)C(C)(C)c2ccccc21. The number of thiol groups is 1. The Bertz CT molecular complexity index is 1940. The van der Waals surface area contributed by atoms with Crippen LogP contribution in [0.15, 0.2) is 83.4 Å². The number of unbranched alkanes of at least 4 members (excludes halogenated alkanes) is 5. The first-order chi connectivity index (χ1) is 26.1. The summed E-state index contributed by atoms with van der Waals surface area (Å²) in [5, 5.41) is 0. The number of allylic oxidation sites excluding steroid dienone is 6. The largest absolute Gasteiger partial charge is 0.360 e. The van der Waals surface area contributed by atoms with E-state index >= 15 is 0 Å². The Morgan fingerprint density at radius 1 is 0.982 bits per heavy atom. The maximum atomic E-state index is 13.4. The number of fused-ring (bicyclic) bond motifs is 2. The van der Waals surface area contributed by atoms with Gasteiger partial charge in [-0.1, -0.05) is 87.2 Å². The normalized spacial score (nSPS) is 19.8. The second-order valence-electron chi connectivity index (χ2n) is 15.0. The molecule has 2 aromatic carbocycles. The lowest BCUT2D eigenvalue weighted by Crippen LogP contribution is -2.30. The second-order valence-corrected chi connectivity index (χ2v) is 18.6. The van der Waals surface area contributed by atoms with Crippen LogP contribution in [0.2, 0.25) is 0 Å². The molecule has 2 aliphatic heterocycles. The van der Waals surface area contributed by atoms with Crippen molar-refractivity contribution in [3.8, 4) is 0 Å². The zero-order valence-corrected chi connectivity index (χ0v) is 35.5. The highest BCUT2D eigenvalue weighted by atomic mass is 32.2. The molecule has 0 saturated heterocycles. The minimum Gasteiger partial charge on any atom is -0.360 e. The number of benzene rings is 2. The summed E-state index contributed by atoms with van der Waals surface area (Å²) in [6, 6.07) is 13.2. The molecule has 11 nitrogen and oxygen atoms in total. The third kappa shape index (κ3) is 11.3. The molecule has 4 rings (SSSR count). The minimum absolute atomic E-state index is 0.0468. The van der Waals surface area contributed by atoms with E-state index in [0.29, 0.717) is 31.4 Å². The zero-order chi connectivity index (χ0) is 40.3. The van der Waals surface area contributed by atoms with E-state index in [2.05, 4.69) is 91.2 Å². The van der Waals surface area contributed by atoms with Crippen molar-refractivity contribution >= 4 is 53.6 Å². The van der Waals surface area contributed by atoms with Gasteiger partial charge in [-0.3, -0.25) is 13.9 Å². The monoisotopic (exact) mass is 816 g/mol. The highest BCUT2D eigenvalue weighted by Crippen LogP contribution is 2.54. The Kier molecular flexibility index (Phi) is 16.2. The summed E-state index contributed by atoms with van der Waals surface area (Å²) < 4.78 is 55.9. The van der Waals surface area contributed by atoms with Crippen molar-refractivity contribution in [2.45, 2.75) is 115 Å². The van der Waals surface area contributed by atoms with Crippen LogP contribution in [0.1, 0.15) is 110 Å². The number of nitrogens with one attached hydrogen (secondary N) is 1. The molecule has 0 radical (unpaired) electrons. The molecular formula is C41H59N3O8PS2+. The predicted molar refractivity (Wildman–Crippen MR) is 223 cm³/mol. The lowest BCUT2D eigenvalue weighted by molar-refractivity contribution is -0.438. The van der Waals surface area contributed by atoms with E-state index in [-0.39, 0.29) is 35.9 Å². The van der Waals surface area contributed by atoms with Crippen molar-refractivity contribution in [1.29, 1.82) is 0 Å². The number of carbonyl (C=O) groups is 1. The molecule has 2 aliphatic rings. The van der Waals surface area contributed by atoms with Crippen molar-refractivity contribution in [1.82, 2.24) is 4.89 Å². The van der Waals surface area contributed by atoms with Crippen molar-refractivity contribution < 1.29 is 41.2 Å². The van der Waals surface area contributed by atoms with Gasteiger partial charge in [0, 0.05) is 53.9 Å². The van der Waals surface area contributed by atoms with Crippen LogP contribution in [0, 0.1) is 0 Å². The van der Waals surface area contributed by atoms with Crippen molar-refractivity contribution in [3.63, 3.8) is 0 Å². The van der Waals surface area contributed by atoms with Gasteiger partial charge in [0.2, 0.25) is 5.69 Å². The van der Waals surface area contributed by atoms with Gasteiger partial charge in [-0.05, 0) is 82.7 Å². The summed E-state index contributed by atoms with van der Waals surface area (Å²) in [6.45, 7) is 12.4. The van der Waals surface area contributed by atoms with Crippen LogP contribution < -0.4 is 9.79 Å². The van der Waals surface area contributed by atoms with E-state index in [0.717, 1.165) is 50.0 Å². The molecule has 2 unspecified atom stereocenters. The van der Waals surface area contributed by atoms with Gasteiger partial charge in [-0.2, -0.15) is 13.0 Å². The smallest absolute Gasteiger partial charge is 0.328 e. The standard InChI is InChI=1S/C41H58N3O8PS2/c1-6-8-17-28-43-35-20-16-15-19-33(35)40(3,4)37(43)21-12-10-13-22-38-41(5,26-30-53(46,47)51-29-18-11-14-23-39(45)52-42-54)34-31-32(55(48,49)50)24-25-36(34)44(38)27-9-7-2/h10,12-13,15-16,19-22,24-25,31,42,54H,6-9,11,14,17-18,23,26-30H2,1-5H3,(H-,46,47,48,49,50)/p+1. The molecule has 14 heteroatoms. The minimum atomic E-state index is -4.50. The maximum absolute atomic E-state index is 13.4. The summed E-state index contributed by atoms with van der Waals surface area (Å²) in [4.78, 5) is 31.0. The summed E-state index contributed by atoms with van der Waals surface area (Å²) >= 11 is 3.63. The Morgan fingerprint density at radius 3 is 2.44 bits per heavy atom. The van der Waals surface area contributed by atoms with Crippen LogP contribution >= 0.6 is 20.4 Å². The maximum Gasteiger partial charge on any atom is 0.328 e. The van der Waals surface area contributed by atoms with Crippen molar-refractivity contribution in [2.24, 2.45) is 0 Å². The quantitative estimate of drug-likeness (QED) is 0.0173. The Hall–Kier alpha value is -3.03. The average Bonchev–Trinajstić information content (AvgIpc) is 3.50. The van der Waals surface area contributed by atoms with Gasteiger partial charge < -0.3 is 19.2 Å². The zero-order valence-electron chi connectivity index (χ0n) is 32.9. The summed E-state index contributed by atoms with van der Waals surface area (Å²) in [6.07, 6.45) is 17.2. The molecule has 0 fully saturated rings.